The predicted molar refractivity (Wildman–Crippen MR) is 101 cm³/mol. The maximum atomic E-state index is 12.2. The Bertz CT molecular complexity index is 680. The van der Waals surface area contributed by atoms with Crippen LogP contribution in [0.15, 0.2) is 54.6 Å². The predicted octanol–water partition coefficient (Wildman–Crippen LogP) is 2.59. The molecule has 0 spiro atoms. The van der Waals surface area contributed by atoms with Crippen molar-refractivity contribution < 1.29 is 14.6 Å². The van der Waals surface area contributed by atoms with Gasteiger partial charge in [0.2, 0.25) is 5.91 Å². The topological polar surface area (TPSA) is 61.8 Å². The van der Waals surface area contributed by atoms with E-state index in [2.05, 4.69) is 10.2 Å². The first-order chi connectivity index (χ1) is 12.7. The van der Waals surface area contributed by atoms with Crippen molar-refractivity contribution in [2.45, 2.75) is 25.3 Å². The second-order valence-corrected chi connectivity index (χ2v) is 6.69. The number of carbonyl (C=O) groups is 1. The lowest BCUT2D eigenvalue weighted by Crippen LogP contribution is -2.45. The largest absolute Gasteiger partial charge is 0.508 e. The molecule has 0 aliphatic carbocycles. The highest BCUT2D eigenvalue weighted by molar-refractivity contribution is 5.78. The van der Waals surface area contributed by atoms with E-state index in [0.29, 0.717) is 13.0 Å². The Labute approximate surface area is 154 Å². The molecule has 1 aliphatic heterocycles. The van der Waals surface area contributed by atoms with Crippen molar-refractivity contribution in [2.75, 3.05) is 26.2 Å². The van der Waals surface area contributed by atoms with Crippen LogP contribution in [0.25, 0.3) is 0 Å². The quantitative estimate of drug-likeness (QED) is 0.802. The molecule has 5 nitrogen and oxygen atoms in total. The van der Waals surface area contributed by atoms with Gasteiger partial charge in [0, 0.05) is 25.7 Å². The third-order valence-electron chi connectivity index (χ3n) is 4.67. The molecule has 0 radical (unpaired) electrons. The lowest BCUT2D eigenvalue weighted by Gasteiger charge is -2.32. The van der Waals surface area contributed by atoms with Crippen LogP contribution in [0.4, 0.5) is 0 Å². The zero-order chi connectivity index (χ0) is 18.2. The van der Waals surface area contributed by atoms with Gasteiger partial charge < -0.3 is 15.2 Å². The number of phenols is 1. The summed E-state index contributed by atoms with van der Waals surface area (Å²) in [5, 5.41) is 12.4. The second kappa shape index (κ2) is 9.25. The molecule has 2 N–H and O–H groups in total. The number of benzene rings is 2. The van der Waals surface area contributed by atoms with Gasteiger partial charge in [0.1, 0.15) is 18.1 Å². The van der Waals surface area contributed by atoms with Gasteiger partial charge in [0.15, 0.2) is 0 Å². The summed E-state index contributed by atoms with van der Waals surface area (Å²) < 4.78 is 5.70. The second-order valence-electron chi connectivity index (χ2n) is 6.69. The Morgan fingerprint density at radius 1 is 1.08 bits per heavy atom. The summed E-state index contributed by atoms with van der Waals surface area (Å²) in [6, 6.07) is 16.9. The summed E-state index contributed by atoms with van der Waals surface area (Å²) in [7, 11) is 0. The summed E-state index contributed by atoms with van der Waals surface area (Å²) in [5.74, 6) is 1.12. The van der Waals surface area contributed by atoms with Crippen LogP contribution in [0.3, 0.4) is 0 Å². The number of hydrogen-bond acceptors (Lipinski definition) is 4. The molecule has 138 valence electrons. The zero-order valence-electron chi connectivity index (χ0n) is 14.9. The minimum absolute atomic E-state index is 0.102. The van der Waals surface area contributed by atoms with Crippen LogP contribution in [0, 0.1) is 0 Å². The van der Waals surface area contributed by atoms with Crippen molar-refractivity contribution in [3.63, 3.8) is 0 Å². The smallest absolute Gasteiger partial charge is 0.224 e. The number of hydrogen-bond donors (Lipinski definition) is 2. The minimum atomic E-state index is 0.102. The van der Waals surface area contributed by atoms with Crippen LogP contribution in [0.2, 0.25) is 0 Å². The van der Waals surface area contributed by atoms with Gasteiger partial charge in [-0.2, -0.15) is 0 Å². The Kier molecular flexibility index (Phi) is 6.50. The summed E-state index contributed by atoms with van der Waals surface area (Å²) in [5.41, 5.74) is 1.05. The number of nitrogens with zero attached hydrogens (tertiary/aromatic N) is 1. The van der Waals surface area contributed by atoms with Gasteiger partial charge in [0.25, 0.3) is 0 Å². The summed E-state index contributed by atoms with van der Waals surface area (Å²) in [6.07, 6.45) is 2.39. The number of amides is 1. The third kappa shape index (κ3) is 5.77. The molecule has 3 rings (SSSR count). The standard InChI is InChI=1S/C21H26N2O3/c24-19-6-8-20(9-7-19)26-15-14-23-12-10-18(11-13-23)22-21(25)16-17-4-2-1-3-5-17/h1-9,18,24H,10-16H2,(H,22,25). The Morgan fingerprint density at radius 3 is 2.46 bits per heavy atom. The third-order valence-corrected chi connectivity index (χ3v) is 4.67. The zero-order valence-corrected chi connectivity index (χ0v) is 14.9. The fraction of sp³-hybridized carbons (Fsp3) is 0.381. The fourth-order valence-corrected chi connectivity index (χ4v) is 3.20. The van der Waals surface area contributed by atoms with Crippen molar-refractivity contribution >= 4 is 5.91 Å². The molecular formula is C21H26N2O3. The molecule has 2 aromatic rings. The van der Waals surface area contributed by atoms with Gasteiger partial charge in [0.05, 0.1) is 6.42 Å². The lowest BCUT2D eigenvalue weighted by atomic mass is 10.0. The van der Waals surface area contributed by atoms with E-state index in [0.717, 1.165) is 43.8 Å². The van der Waals surface area contributed by atoms with Crippen LogP contribution >= 0.6 is 0 Å². The fourth-order valence-electron chi connectivity index (χ4n) is 3.20. The number of piperidine rings is 1. The Hall–Kier alpha value is -2.53. The number of nitrogens with one attached hydrogen (secondary N) is 1. The first-order valence-corrected chi connectivity index (χ1v) is 9.16. The number of ether oxygens (including phenoxy) is 1. The van der Waals surface area contributed by atoms with E-state index in [1.165, 1.54) is 0 Å². The van der Waals surface area contributed by atoms with E-state index >= 15 is 0 Å². The average Bonchev–Trinajstić information content (AvgIpc) is 2.65. The molecule has 0 unspecified atom stereocenters. The molecule has 2 aromatic carbocycles. The number of aromatic hydroxyl groups is 1. The molecule has 26 heavy (non-hydrogen) atoms. The molecule has 1 aliphatic rings. The Balaban J connectivity index is 1.32. The highest BCUT2D eigenvalue weighted by Gasteiger charge is 2.20. The van der Waals surface area contributed by atoms with Crippen LogP contribution in [-0.2, 0) is 11.2 Å². The van der Waals surface area contributed by atoms with E-state index in [1.807, 2.05) is 30.3 Å². The number of carbonyl (C=O) groups excluding carboxylic acids is 1. The van der Waals surface area contributed by atoms with Crippen LogP contribution < -0.4 is 10.1 Å². The van der Waals surface area contributed by atoms with Gasteiger partial charge in [-0.15, -0.1) is 0 Å². The molecule has 0 atom stereocenters. The van der Waals surface area contributed by atoms with E-state index < -0.39 is 0 Å². The summed E-state index contributed by atoms with van der Waals surface area (Å²) >= 11 is 0. The molecular weight excluding hydrogens is 328 g/mol. The van der Waals surface area contributed by atoms with Crippen LogP contribution in [0.1, 0.15) is 18.4 Å². The van der Waals surface area contributed by atoms with E-state index in [-0.39, 0.29) is 17.7 Å². The van der Waals surface area contributed by atoms with Gasteiger partial charge in [-0.1, -0.05) is 30.3 Å². The monoisotopic (exact) mass is 354 g/mol. The van der Waals surface area contributed by atoms with Crippen molar-refractivity contribution in [3.8, 4) is 11.5 Å². The van der Waals surface area contributed by atoms with Crippen molar-refractivity contribution in [1.29, 1.82) is 0 Å². The van der Waals surface area contributed by atoms with Crippen molar-refractivity contribution in [1.82, 2.24) is 10.2 Å². The van der Waals surface area contributed by atoms with E-state index in [4.69, 9.17) is 4.74 Å². The van der Waals surface area contributed by atoms with E-state index in [1.54, 1.807) is 24.3 Å². The average molecular weight is 354 g/mol. The van der Waals surface area contributed by atoms with Crippen LogP contribution in [0.5, 0.6) is 11.5 Å². The maximum Gasteiger partial charge on any atom is 0.224 e. The molecule has 1 heterocycles. The summed E-state index contributed by atoms with van der Waals surface area (Å²) in [6.45, 7) is 3.42. The molecule has 0 saturated carbocycles. The number of likely N-dealkylation sites (tertiary alicyclic amines) is 1. The minimum Gasteiger partial charge on any atom is -0.508 e. The van der Waals surface area contributed by atoms with Gasteiger partial charge >= 0.3 is 0 Å². The highest BCUT2D eigenvalue weighted by atomic mass is 16.5. The maximum absolute atomic E-state index is 12.2. The number of phenolic OH excluding ortho intramolecular Hbond substituents is 1. The normalized spacial score (nSPS) is 15.5. The van der Waals surface area contributed by atoms with E-state index in [9.17, 15) is 9.90 Å². The Morgan fingerprint density at radius 2 is 1.77 bits per heavy atom. The lowest BCUT2D eigenvalue weighted by molar-refractivity contribution is -0.121. The molecule has 1 saturated heterocycles. The molecule has 1 amide bonds. The number of rotatable bonds is 7. The van der Waals surface area contributed by atoms with Gasteiger partial charge in [-0.05, 0) is 42.7 Å². The first-order valence-electron chi connectivity index (χ1n) is 9.16. The molecule has 1 fully saturated rings. The molecule has 0 bridgehead atoms. The van der Waals surface area contributed by atoms with Gasteiger partial charge in [-0.25, -0.2) is 0 Å². The first kappa shape index (κ1) is 18.3. The molecule has 0 aromatic heterocycles. The van der Waals surface area contributed by atoms with Crippen LogP contribution in [-0.4, -0.2) is 48.2 Å². The van der Waals surface area contributed by atoms with Gasteiger partial charge in [-0.3, -0.25) is 9.69 Å². The highest BCUT2D eigenvalue weighted by Crippen LogP contribution is 2.16. The summed E-state index contributed by atoms with van der Waals surface area (Å²) in [4.78, 5) is 14.5. The van der Waals surface area contributed by atoms with Crippen molar-refractivity contribution in [2.24, 2.45) is 0 Å². The van der Waals surface area contributed by atoms with Crippen molar-refractivity contribution in [3.05, 3.63) is 60.2 Å². The molecule has 5 heteroatoms. The SMILES string of the molecule is O=C(Cc1ccccc1)NC1CCN(CCOc2ccc(O)cc2)CC1.